The lowest BCUT2D eigenvalue weighted by atomic mass is 10.0. The quantitative estimate of drug-likeness (QED) is 0.738. The first kappa shape index (κ1) is 15.0. The van der Waals surface area contributed by atoms with Crippen LogP contribution in [0.15, 0.2) is 55.1 Å². The molecule has 4 rings (SSSR count). The number of rotatable bonds is 4. The highest BCUT2D eigenvalue weighted by atomic mass is 15.3. The Morgan fingerprint density at radius 3 is 2.54 bits per heavy atom. The van der Waals surface area contributed by atoms with Gasteiger partial charge >= 0.3 is 0 Å². The third-order valence-electron chi connectivity index (χ3n) is 4.77. The summed E-state index contributed by atoms with van der Waals surface area (Å²) in [6.07, 6.45) is 7.86. The first-order valence-electron chi connectivity index (χ1n) is 8.48. The molecule has 5 nitrogen and oxygen atoms in total. The molecule has 0 amide bonds. The molecule has 2 aromatic heterocycles. The van der Waals surface area contributed by atoms with Gasteiger partial charge in [-0.3, -0.25) is 4.90 Å². The number of likely N-dealkylation sites (tertiary alicyclic amines) is 1. The maximum Gasteiger partial charge on any atom is 0.157 e. The van der Waals surface area contributed by atoms with Gasteiger partial charge in [0, 0.05) is 30.1 Å². The van der Waals surface area contributed by atoms with Gasteiger partial charge in [-0.1, -0.05) is 24.3 Å². The molecule has 0 bridgehead atoms. The molecule has 1 aliphatic rings. The third-order valence-corrected chi connectivity index (χ3v) is 4.77. The average molecular weight is 319 g/mol. The zero-order valence-corrected chi connectivity index (χ0v) is 13.8. The lowest BCUT2D eigenvalue weighted by Crippen LogP contribution is -2.23. The van der Waals surface area contributed by atoms with Crippen LogP contribution in [0.5, 0.6) is 0 Å². The van der Waals surface area contributed by atoms with Crippen molar-refractivity contribution >= 4 is 0 Å². The maximum atomic E-state index is 4.41. The largest absolute Gasteiger partial charge is 0.297 e. The zero-order chi connectivity index (χ0) is 16.4. The molecule has 3 heterocycles. The summed E-state index contributed by atoms with van der Waals surface area (Å²) in [6, 6.07) is 13.1. The van der Waals surface area contributed by atoms with Crippen LogP contribution in [0.2, 0.25) is 0 Å². The van der Waals surface area contributed by atoms with Crippen LogP contribution in [0.1, 0.15) is 31.4 Å². The molecule has 1 saturated heterocycles. The molecule has 24 heavy (non-hydrogen) atoms. The Morgan fingerprint density at radius 1 is 1.04 bits per heavy atom. The summed E-state index contributed by atoms with van der Waals surface area (Å²) in [7, 11) is 0. The van der Waals surface area contributed by atoms with Crippen molar-refractivity contribution in [2.45, 2.75) is 25.8 Å². The monoisotopic (exact) mass is 319 g/mol. The molecule has 0 unspecified atom stereocenters. The summed E-state index contributed by atoms with van der Waals surface area (Å²) in [6.45, 7) is 4.71. The fourth-order valence-corrected chi connectivity index (χ4v) is 3.31. The molecule has 0 N–H and O–H groups in total. The number of benzene rings is 1. The smallest absolute Gasteiger partial charge is 0.157 e. The van der Waals surface area contributed by atoms with Crippen molar-refractivity contribution in [2.75, 3.05) is 13.1 Å². The van der Waals surface area contributed by atoms with Gasteiger partial charge < -0.3 is 0 Å². The molecule has 1 aromatic carbocycles. The summed E-state index contributed by atoms with van der Waals surface area (Å²) in [5.41, 5.74) is 3.38. The molecule has 1 fully saturated rings. The predicted octanol–water partition coefficient (Wildman–Crippen LogP) is 3.49. The highest BCUT2D eigenvalue weighted by Gasteiger charge is 2.19. The van der Waals surface area contributed by atoms with E-state index < -0.39 is 0 Å². The lowest BCUT2D eigenvalue weighted by Gasteiger charge is -2.24. The molecule has 0 spiro atoms. The van der Waals surface area contributed by atoms with Crippen LogP contribution in [0.4, 0.5) is 0 Å². The van der Waals surface area contributed by atoms with Gasteiger partial charge in [-0.05, 0) is 44.5 Å². The van der Waals surface area contributed by atoms with Crippen molar-refractivity contribution in [1.82, 2.24) is 24.6 Å². The van der Waals surface area contributed by atoms with E-state index in [9.17, 15) is 0 Å². The summed E-state index contributed by atoms with van der Waals surface area (Å²) >= 11 is 0. The molecule has 1 atom stereocenters. The van der Waals surface area contributed by atoms with Crippen molar-refractivity contribution in [1.29, 1.82) is 0 Å². The SMILES string of the molecule is C[C@H](c1ccc(-c2cc(-n3cccn3)ncn2)cc1)N1CCCC1. The van der Waals surface area contributed by atoms with Gasteiger partial charge in [-0.15, -0.1) is 0 Å². The topological polar surface area (TPSA) is 46.8 Å². The normalized spacial score (nSPS) is 16.4. The van der Waals surface area contributed by atoms with Gasteiger partial charge in [0.25, 0.3) is 0 Å². The van der Waals surface area contributed by atoms with E-state index in [1.807, 2.05) is 18.3 Å². The van der Waals surface area contributed by atoms with Crippen molar-refractivity contribution in [3.63, 3.8) is 0 Å². The number of aromatic nitrogens is 4. The maximum absolute atomic E-state index is 4.41. The Balaban J connectivity index is 1.57. The summed E-state index contributed by atoms with van der Waals surface area (Å²) < 4.78 is 1.75. The van der Waals surface area contributed by atoms with Gasteiger partial charge in [0.1, 0.15) is 6.33 Å². The minimum atomic E-state index is 0.478. The van der Waals surface area contributed by atoms with E-state index in [1.54, 1.807) is 17.2 Å². The van der Waals surface area contributed by atoms with Gasteiger partial charge in [-0.2, -0.15) is 5.10 Å². The van der Waals surface area contributed by atoms with Crippen molar-refractivity contribution in [3.8, 4) is 17.1 Å². The predicted molar refractivity (Wildman–Crippen MR) is 93.8 cm³/mol. The van der Waals surface area contributed by atoms with E-state index in [2.05, 4.69) is 51.2 Å². The molecule has 3 aromatic rings. The Hall–Kier alpha value is -2.53. The van der Waals surface area contributed by atoms with Gasteiger partial charge in [0.15, 0.2) is 5.82 Å². The first-order valence-corrected chi connectivity index (χ1v) is 8.48. The number of hydrogen-bond donors (Lipinski definition) is 0. The molecular weight excluding hydrogens is 298 g/mol. The standard InChI is InChI=1S/C19H21N5/c1-15(23-10-2-3-11-23)16-5-7-17(8-6-16)18-13-19(21-14-20-18)24-12-4-9-22-24/h4-9,12-15H,2-3,10-11H2,1H3/t15-/m1/s1. The highest BCUT2D eigenvalue weighted by Crippen LogP contribution is 2.26. The Bertz CT molecular complexity index is 789. The van der Waals surface area contributed by atoms with Crippen LogP contribution >= 0.6 is 0 Å². The van der Waals surface area contributed by atoms with E-state index in [0.29, 0.717) is 6.04 Å². The van der Waals surface area contributed by atoms with Gasteiger partial charge in [0.2, 0.25) is 0 Å². The molecular formula is C19H21N5. The second kappa shape index (κ2) is 6.53. The second-order valence-corrected chi connectivity index (χ2v) is 6.25. The lowest BCUT2D eigenvalue weighted by molar-refractivity contribution is 0.263. The summed E-state index contributed by atoms with van der Waals surface area (Å²) in [5, 5.41) is 4.22. The highest BCUT2D eigenvalue weighted by molar-refractivity contribution is 5.60. The Labute approximate surface area is 142 Å². The van der Waals surface area contributed by atoms with E-state index in [-0.39, 0.29) is 0 Å². The Kier molecular flexibility index (Phi) is 4.09. The first-order chi connectivity index (χ1) is 11.8. The molecule has 0 radical (unpaired) electrons. The van der Waals surface area contributed by atoms with Crippen molar-refractivity contribution < 1.29 is 0 Å². The second-order valence-electron chi connectivity index (χ2n) is 6.25. The van der Waals surface area contributed by atoms with Crippen LogP contribution in [0.3, 0.4) is 0 Å². The molecule has 1 aliphatic heterocycles. The number of hydrogen-bond acceptors (Lipinski definition) is 4. The van der Waals surface area contributed by atoms with Crippen LogP contribution in [0.25, 0.3) is 17.1 Å². The van der Waals surface area contributed by atoms with Gasteiger partial charge in [0.05, 0.1) is 5.69 Å². The van der Waals surface area contributed by atoms with E-state index >= 15 is 0 Å². The van der Waals surface area contributed by atoms with Crippen LogP contribution in [-0.4, -0.2) is 37.7 Å². The zero-order valence-electron chi connectivity index (χ0n) is 13.8. The fourth-order valence-electron chi connectivity index (χ4n) is 3.31. The van der Waals surface area contributed by atoms with Crippen molar-refractivity contribution in [2.24, 2.45) is 0 Å². The molecule has 0 saturated carbocycles. The van der Waals surface area contributed by atoms with E-state index in [4.69, 9.17) is 0 Å². The van der Waals surface area contributed by atoms with Crippen LogP contribution < -0.4 is 0 Å². The van der Waals surface area contributed by atoms with Crippen molar-refractivity contribution in [3.05, 3.63) is 60.7 Å². The third kappa shape index (κ3) is 2.95. The summed E-state index contributed by atoms with van der Waals surface area (Å²) in [5.74, 6) is 0.777. The average Bonchev–Trinajstić information content (AvgIpc) is 3.35. The van der Waals surface area contributed by atoms with E-state index in [0.717, 1.165) is 17.1 Å². The van der Waals surface area contributed by atoms with Crippen LogP contribution in [-0.2, 0) is 0 Å². The molecule has 0 aliphatic carbocycles. The minimum Gasteiger partial charge on any atom is -0.297 e. The summed E-state index contributed by atoms with van der Waals surface area (Å²) in [4.78, 5) is 11.2. The van der Waals surface area contributed by atoms with Crippen LogP contribution in [0, 0.1) is 0 Å². The fraction of sp³-hybridized carbons (Fsp3) is 0.316. The number of nitrogens with zero attached hydrogens (tertiary/aromatic N) is 5. The van der Waals surface area contributed by atoms with Gasteiger partial charge in [-0.25, -0.2) is 14.6 Å². The van der Waals surface area contributed by atoms with E-state index in [1.165, 1.54) is 31.5 Å². The Morgan fingerprint density at radius 2 is 1.83 bits per heavy atom. The molecule has 5 heteroatoms. The molecule has 122 valence electrons. The minimum absolute atomic E-state index is 0.478.